The summed E-state index contributed by atoms with van der Waals surface area (Å²) in [6.07, 6.45) is 4.69. The van der Waals surface area contributed by atoms with Crippen LogP contribution < -0.4 is 4.90 Å². The van der Waals surface area contributed by atoms with Gasteiger partial charge in [-0.3, -0.25) is 9.59 Å². The average molecular weight is 459 g/mol. The molecule has 0 N–H and O–H groups in total. The molecule has 178 valence electrons. The molecule has 2 aliphatic heterocycles. The molecule has 1 unspecified atom stereocenters. The molecule has 34 heavy (non-hydrogen) atoms. The van der Waals surface area contributed by atoms with Gasteiger partial charge in [0.2, 0.25) is 11.8 Å². The minimum Gasteiger partial charge on any atom is -0.345 e. The number of piperidine rings is 1. The lowest BCUT2D eigenvalue weighted by atomic mass is 9.90. The molecule has 2 saturated heterocycles. The molecule has 4 rings (SSSR count). The first kappa shape index (κ1) is 24.0. The molecule has 0 radical (unpaired) electrons. The Kier molecular flexibility index (Phi) is 7.97. The quantitative estimate of drug-likeness (QED) is 0.605. The van der Waals surface area contributed by atoms with Crippen LogP contribution in [0.5, 0.6) is 0 Å². The fraction of sp³-hybridized carbons (Fsp3) is 0.464. The Labute approximate surface area is 202 Å². The molecule has 0 bridgehead atoms. The number of amides is 2. The molecule has 0 aliphatic carbocycles. The van der Waals surface area contributed by atoms with Gasteiger partial charge in [0.15, 0.2) is 0 Å². The predicted molar refractivity (Wildman–Crippen MR) is 133 cm³/mol. The van der Waals surface area contributed by atoms with Crippen molar-refractivity contribution in [1.29, 1.82) is 5.26 Å². The molecular weight excluding hydrogens is 424 g/mol. The van der Waals surface area contributed by atoms with Crippen LogP contribution in [0.25, 0.3) is 0 Å². The third-order valence-electron chi connectivity index (χ3n) is 7.17. The first-order valence-corrected chi connectivity index (χ1v) is 12.4. The van der Waals surface area contributed by atoms with Crippen LogP contribution in [0, 0.1) is 23.2 Å². The van der Waals surface area contributed by atoms with E-state index in [0.717, 1.165) is 44.1 Å². The molecule has 0 aromatic heterocycles. The summed E-state index contributed by atoms with van der Waals surface area (Å²) < 4.78 is 0. The van der Waals surface area contributed by atoms with E-state index in [4.69, 9.17) is 0 Å². The normalized spacial score (nSPS) is 19.2. The Morgan fingerprint density at radius 1 is 1.12 bits per heavy atom. The average Bonchev–Trinajstić information content (AvgIpc) is 3.21. The number of nitrogens with zero attached hydrogens (tertiary/aromatic N) is 4. The number of benzene rings is 2. The van der Waals surface area contributed by atoms with Crippen molar-refractivity contribution < 1.29 is 9.59 Å². The summed E-state index contributed by atoms with van der Waals surface area (Å²) in [7, 11) is 1.75. The van der Waals surface area contributed by atoms with Gasteiger partial charge < -0.3 is 14.7 Å². The molecule has 6 heteroatoms. The summed E-state index contributed by atoms with van der Waals surface area (Å²) in [6.45, 7) is 4.19. The molecule has 0 saturated carbocycles. The van der Waals surface area contributed by atoms with Crippen molar-refractivity contribution in [2.75, 3.05) is 44.7 Å². The van der Waals surface area contributed by atoms with Crippen LogP contribution in [0.15, 0.2) is 54.6 Å². The van der Waals surface area contributed by atoms with Gasteiger partial charge in [-0.2, -0.15) is 5.26 Å². The Morgan fingerprint density at radius 2 is 1.88 bits per heavy atom. The number of rotatable bonds is 8. The molecule has 2 heterocycles. The van der Waals surface area contributed by atoms with Crippen LogP contribution in [-0.4, -0.2) is 61.4 Å². The van der Waals surface area contributed by atoms with Crippen LogP contribution >= 0.6 is 0 Å². The van der Waals surface area contributed by atoms with Gasteiger partial charge in [0.1, 0.15) is 0 Å². The summed E-state index contributed by atoms with van der Waals surface area (Å²) in [5.41, 5.74) is 2.70. The third kappa shape index (κ3) is 6.03. The molecule has 0 spiro atoms. The SMILES string of the molecule is CN1CC(C(=O)N(CCCN2CCC(Cc3ccccc3)CC2)c2cccc(C#N)c2)CC1=O. The lowest BCUT2D eigenvalue weighted by Crippen LogP contribution is -2.40. The third-order valence-corrected chi connectivity index (χ3v) is 7.17. The molecule has 2 amide bonds. The van der Waals surface area contributed by atoms with E-state index < -0.39 is 0 Å². The number of likely N-dealkylation sites (tertiary alicyclic amines) is 2. The number of carbonyl (C=O) groups excluding carboxylic acids is 2. The number of hydrogen-bond donors (Lipinski definition) is 0. The summed E-state index contributed by atoms with van der Waals surface area (Å²) in [6, 6.07) is 20.1. The summed E-state index contributed by atoms with van der Waals surface area (Å²) in [5.74, 6) is 0.413. The zero-order chi connectivity index (χ0) is 23.9. The monoisotopic (exact) mass is 458 g/mol. The molecule has 1 atom stereocenters. The highest BCUT2D eigenvalue weighted by Gasteiger charge is 2.35. The van der Waals surface area contributed by atoms with Crippen molar-refractivity contribution in [3.8, 4) is 6.07 Å². The van der Waals surface area contributed by atoms with Crippen LogP contribution in [0.4, 0.5) is 5.69 Å². The zero-order valence-corrected chi connectivity index (χ0v) is 20.0. The molecule has 2 fully saturated rings. The molecular formula is C28H34N4O2. The maximum absolute atomic E-state index is 13.4. The highest BCUT2D eigenvalue weighted by Crippen LogP contribution is 2.25. The van der Waals surface area contributed by atoms with Gasteiger partial charge in [-0.25, -0.2) is 0 Å². The first-order valence-electron chi connectivity index (χ1n) is 12.4. The second-order valence-corrected chi connectivity index (χ2v) is 9.66. The highest BCUT2D eigenvalue weighted by atomic mass is 16.2. The van der Waals surface area contributed by atoms with Gasteiger partial charge in [-0.15, -0.1) is 0 Å². The van der Waals surface area contributed by atoms with Crippen molar-refractivity contribution in [2.24, 2.45) is 11.8 Å². The molecule has 2 aliphatic rings. The largest absolute Gasteiger partial charge is 0.345 e. The van der Waals surface area contributed by atoms with Gasteiger partial charge in [-0.05, 0) is 75.0 Å². The van der Waals surface area contributed by atoms with Crippen molar-refractivity contribution >= 4 is 17.5 Å². The van der Waals surface area contributed by atoms with E-state index in [1.807, 2.05) is 12.1 Å². The second kappa shape index (κ2) is 11.3. The van der Waals surface area contributed by atoms with Crippen molar-refractivity contribution in [3.05, 3.63) is 65.7 Å². The Bertz CT molecular complexity index is 1020. The predicted octanol–water partition coefficient (Wildman–Crippen LogP) is 3.71. The van der Waals surface area contributed by atoms with Crippen molar-refractivity contribution in [2.45, 2.75) is 32.1 Å². The van der Waals surface area contributed by atoms with Gasteiger partial charge in [0.05, 0.1) is 17.6 Å². The van der Waals surface area contributed by atoms with E-state index in [1.165, 1.54) is 18.4 Å². The fourth-order valence-electron chi connectivity index (χ4n) is 5.17. The summed E-state index contributed by atoms with van der Waals surface area (Å²) >= 11 is 0. The van der Waals surface area contributed by atoms with E-state index in [0.29, 0.717) is 18.7 Å². The first-order chi connectivity index (χ1) is 16.5. The Morgan fingerprint density at radius 3 is 2.56 bits per heavy atom. The summed E-state index contributed by atoms with van der Waals surface area (Å²) in [4.78, 5) is 31.3. The molecule has 6 nitrogen and oxygen atoms in total. The standard InChI is InChI=1S/C28H34N4O2/c1-30-21-25(19-27(30)33)28(34)32(26-10-5-9-24(18-26)20-29)14-6-13-31-15-11-23(12-16-31)17-22-7-3-2-4-8-22/h2-5,7-10,18,23,25H,6,11-17,19,21H2,1H3. The fourth-order valence-corrected chi connectivity index (χ4v) is 5.17. The smallest absolute Gasteiger partial charge is 0.232 e. The number of carbonyl (C=O) groups is 2. The van der Waals surface area contributed by atoms with Crippen molar-refractivity contribution in [3.63, 3.8) is 0 Å². The lowest BCUT2D eigenvalue weighted by molar-refractivity contribution is -0.127. The van der Waals surface area contributed by atoms with Gasteiger partial charge in [0.25, 0.3) is 0 Å². The minimum absolute atomic E-state index is 0.0162. The topological polar surface area (TPSA) is 67.7 Å². The second-order valence-electron chi connectivity index (χ2n) is 9.66. The highest BCUT2D eigenvalue weighted by molar-refractivity contribution is 5.99. The van der Waals surface area contributed by atoms with Gasteiger partial charge >= 0.3 is 0 Å². The van der Waals surface area contributed by atoms with Crippen LogP contribution in [0.3, 0.4) is 0 Å². The van der Waals surface area contributed by atoms with Crippen LogP contribution in [0.2, 0.25) is 0 Å². The maximum atomic E-state index is 13.4. The zero-order valence-electron chi connectivity index (χ0n) is 20.0. The van der Waals surface area contributed by atoms with E-state index in [2.05, 4.69) is 41.3 Å². The van der Waals surface area contributed by atoms with E-state index in [1.54, 1.807) is 29.0 Å². The van der Waals surface area contributed by atoms with Gasteiger partial charge in [0, 0.05) is 32.2 Å². The Balaban J connectivity index is 1.32. The van der Waals surface area contributed by atoms with Crippen molar-refractivity contribution in [1.82, 2.24) is 9.80 Å². The van der Waals surface area contributed by atoms with Crippen LogP contribution in [-0.2, 0) is 16.0 Å². The molecule has 2 aromatic rings. The van der Waals surface area contributed by atoms with Crippen LogP contribution in [0.1, 0.15) is 36.8 Å². The number of anilines is 1. The van der Waals surface area contributed by atoms with Gasteiger partial charge in [-0.1, -0.05) is 36.4 Å². The number of hydrogen-bond acceptors (Lipinski definition) is 4. The minimum atomic E-state index is -0.322. The van der Waals surface area contributed by atoms with E-state index in [-0.39, 0.29) is 24.2 Å². The van der Waals surface area contributed by atoms with E-state index >= 15 is 0 Å². The maximum Gasteiger partial charge on any atom is 0.232 e. The number of nitriles is 1. The van der Waals surface area contributed by atoms with E-state index in [9.17, 15) is 14.9 Å². The molecule has 2 aromatic carbocycles. The Hall–Kier alpha value is -3.17. The lowest BCUT2D eigenvalue weighted by Gasteiger charge is -2.33. The summed E-state index contributed by atoms with van der Waals surface area (Å²) in [5, 5.41) is 9.31.